The summed E-state index contributed by atoms with van der Waals surface area (Å²) in [5.74, 6) is 1.93. The van der Waals surface area contributed by atoms with E-state index in [1.165, 1.54) is 22.3 Å². The minimum Gasteiger partial charge on any atom is -0.0683 e. The van der Waals surface area contributed by atoms with E-state index < -0.39 is 0 Å². The SMILES string of the molecule is CC.c1ccc(C2C(c3ccccc3)C(c3ccccc3)C2c2ccccc2)cc1. The predicted octanol–water partition coefficient (Wildman–Crippen LogP) is 8.16. The molecule has 0 bridgehead atoms. The van der Waals surface area contributed by atoms with Gasteiger partial charge in [-0.3, -0.25) is 0 Å². The lowest BCUT2D eigenvalue weighted by Gasteiger charge is -2.53. The molecule has 0 nitrogen and oxygen atoms in total. The number of hydrogen-bond donors (Lipinski definition) is 0. The van der Waals surface area contributed by atoms with Crippen LogP contribution in [0.5, 0.6) is 0 Å². The molecule has 0 spiro atoms. The van der Waals surface area contributed by atoms with Crippen LogP contribution in [0, 0.1) is 0 Å². The van der Waals surface area contributed by atoms with E-state index in [0.29, 0.717) is 23.7 Å². The molecule has 0 atom stereocenters. The highest BCUT2D eigenvalue weighted by atomic mass is 14.5. The minimum atomic E-state index is 0.483. The van der Waals surface area contributed by atoms with Crippen LogP contribution in [0.2, 0.25) is 0 Å². The average Bonchev–Trinajstić information content (AvgIpc) is 2.83. The molecule has 150 valence electrons. The summed E-state index contributed by atoms with van der Waals surface area (Å²) in [4.78, 5) is 0. The van der Waals surface area contributed by atoms with Crippen molar-refractivity contribution < 1.29 is 0 Å². The zero-order valence-corrected chi connectivity index (χ0v) is 17.9. The van der Waals surface area contributed by atoms with Crippen molar-refractivity contribution in [2.45, 2.75) is 37.5 Å². The van der Waals surface area contributed by atoms with Crippen LogP contribution in [0.25, 0.3) is 0 Å². The highest BCUT2D eigenvalue weighted by molar-refractivity contribution is 5.47. The van der Waals surface area contributed by atoms with Gasteiger partial charge >= 0.3 is 0 Å². The van der Waals surface area contributed by atoms with Gasteiger partial charge in [-0.1, -0.05) is 135 Å². The lowest BCUT2D eigenvalue weighted by molar-refractivity contribution is 0.229. The smallest absolute Gasteiger partial charge is 0.00120 e. The molecular weight excluding hydrogens is 360 g/mol. The van der Waals surface area contributed by atoms with Gasteiger partial charge in [0.25, 0.3) is 0 Å². The summed E-state index contributed by atoms with van der Waals surface area (Å²) in [7, 11) is 0. The van der Waals surface area contributed by atoms with Gasteiger partial charge in [-0.05, 0) is 45.9 Å². The molecule has 5 rings (SSSR count). The molecule has 4 aromatic carbocycles. The zero-order chi connectivity index (χ0) is 20.8. The highest BCUT2D eigenvalue weighted by Gasteiger charge is 2.52. The van der Waals surface area contributed by atoms with Crippen LogP contribution < -0.4 is 0 Å². The molecule has 4 aromatic rings. The van der Waals surface area contributed by atoms with E-state index in [9.17, 15) is 0 Å². The van der Waals surface area contributed by atoms with Gasteiger partial charge in [0, 0.05) is 0 Å². The fourth-order valence-corrected chi connectivity index (χ4v) is 5.11. The van der Waals surface area contributed by atoms with Crippen LogP contribution in [0.3, 0.4) is 0 Å². The van der Waals surface area contributed by atoms with E-state index in [1.54, 1.807) is 0 Å². The Morgan fingerprint density at radius 2 is 0.467 bits per heavy atom. The standard InChI is InChI=1S/C28H24.C2H6/c1-5-13-21(14-6-1)25-26(22-15-7-2-8-16-22)28(24-19-11-4-12-20-24)27(25)23-17-9-3-10-18-23;1-2/h1-20,25-28H;1-2H3. The van der Waals surface area contributed by atoms with Crippen LogP contribution in [-0.4, -0.2) is 0 Å². The normalized spacial score (nSPS) is 22.3. The molecule has 0 aromatic heterocycles. The summed E-state index contributed by atoms with van der Waals surface area (Å²) < 4.78 is 0. The second-order valence-corrected chi connectivity index (χ2v) is 7.75. The lowest BCUT2D eigenvalue weighted by Crippen LogP contribution is -2.40. The third-order valence-corrected chi connectivity index (χ3v) is 6.29. The van der Waals surface area contributed by atoms with Crippen molar-refractivity contribution in [1.29, 1.82) is 0 Å². The van der Waals surface area contributed by atoms with E-state index in [0.717, 1.165) is 0 Å². The second-order valence-electron chi connectivity index (χ2n) is 7.75. The second kappa shape index (κ2) is 9.59. The Kier molecular flexibility index (Phi) is 6.44. The molecule has 0 heterocycles. The molecule has 30 heavy (non-hydrogen) atoms. The molecule has 0 N–H and O–H groups in total. The topological polar surface area (TPSA) is 0 Å². The Morgan fingerprint density at radius 3 is 0.633 bits per heavy atom. The maximum absolute atomic E-state index is 2.30. The van der Waals surface area contributed by atoms with Gasteiger partial charge in [0.1, 0.15) is 0 Å². The summed E-state index contributed by atoms with van der Waals surface area (Å²) in [6, 6.07) is 44.3. The van der Waals surface area contributed by atoms with Gasteiger partial charge in [-0.2, -0.15) is 0 Å². The predicted molar refractivity (Wildman–Crippen MR) is 128 cm³/mol. The molecule has 1 aliphatic carbocycles. The van der Waals surface area contributed by atoms with Gasteiger partial charge in [0.2, 0.25) is 0 Å². The fourth-order valence-electron chi connectivity index (χ4n) is 5.11. The Morgan fingerprint density at radius 1 is 0.300 bits per heavy atom. The van der Waals surface area contributed by atoms with E-state index in [-0.39, 0.29) is 0 Å². The molecule has 1 fully saturated rings. The molecule has 0 radical (unpaired) electrons. The average molecular weight is 391 g/mol. The Bertz CT molecular complexity index is 825. The molecule has 1 saturated carbocycles. The van der Waals surface area contributed by atoms with E-state index >= 15 is 0 Å². The third kappa shape index (κ3) is 3.83. The van der Waals surface area contributed by atoms with Crippen molar-refractivity contribution in [3.05, 3.63) is 144 Å². The summed E-state index contributed by atoms with van der Waals surface area (Å²) in [5, 5.41) is 0. The van der Waals surface area contributed by atoms with Gasteiger partial charge < -0.3 is 0 Å². The first kappa shape index (κ1) is 20.2. The Hall–Kier alpha value is -3.12. The minimum absolute atomic E-state index is 0.483. The van der Waals surface area contributed by atoms with Crippen LogP contribution in [0.1, 0.15) is 59.8 Å². The maximum atomic E-state index is 2.30. The van der Waals surface area contributed by atoms with Crippen LogP contribution in [-0.2, 0) is 0 Å². The maximum Gasteiger partial charge on any atom is -0.00120 e. The van der Waals surface area contributed by atoms with Gasteiger partial charge in [-0.15, -0.1) is 0 Å². The van der Waals surface area contributed by atoms with Crippen LogP contribution in [0.4, 0.5) is 0 Å². The van der Waals surface area contributed by atoms with Crippen LogP contribution >= 0.6 is 0 Å². The quantitative estimate of drug-likeness (QED) is 0.330. The molecule has 0 amide bonds. The Balaban J connectivity index is 0.00000106. The van der Waals surface area contributed by atoms with Crippen molar-refractivity contribution in [3.8, 4) is 0 Å². The van der Waals surface area contributed by atoms with Crippen LogP contribution in [0.15, 0.2) is 121 Å². The molecule has 1 aliphatic rings. The van der Waals surface area contributed by atoms with Gasteiger partial charge in [-0.25, -0.2) is 0 Å². The summed E-state index contributed by atoms with van der Waals surface area (Å²) in [6.45, 7) is 4.00. The van der Waals surface area contributed by atoms with Crippen molar-refractivity contribution in [3.63, 3.8) is 0 Å². The van der Waals surface area contributed by atoms with E-state index in [2.05, 4.69) is 121 Å². The number of benzene rings is 4. The summed E-state index contributed by atoms with van der Waals surface area (Å²) in [5.41, 5.74) is 5.77. The van der Waals surface area contributed by atoms with Crippen molar-refractivity contribution in [2.24, 2.45) is 0 Å². The summed E-state index contributed by atoms with van der Waals surface area (Å²) >= 11 is 0. The highest BCUT2D eigenvalue weighted by Crippen LogP contribution is 2.66. The zero-order valence-electron chi connectivity index (χ0n) is 17.9. The first-order chi connectivity index (χ1) is 14.9. The largest absolute Gasteiger partial charge is 0.0683 e. The summed E-state index contributed by atoms with van der Waals surface area (Å²) in [6.07, 6.45) is 0. The first-order valence-electron chi connectivity index (χ1n) is 11.1. The number of rotatable bonds is 4. The van der Waals surface area contributed by atoms with Gasteiger partial charge in [0.15, 0.2) is 0 Å². The third-order valence-electron chi connectivity index (χ3n) is 6.29. The molecule has 0 aliphatic heterocycles. The molecular formula is C30H30. The molecule has 0 heteroatoms. The van der Waals surface area contributed by atoms with E-state index in [1.807, 2.05) is 13.8 Å². The first-order valence-corrected chi connectivity index (χ1v) is 11.1. The fraction of sp³-hybridized carbons (Fsp3) is 0.200. The molecule has 0 unspecified atom stereocenters. The van der Waals surface area contributed by atoms with Crippen molar-refractivity contribution >= 4 is 0 Å². The van der Waals surface area contributed by atoms with Crippen molar-refractivity contribution in [1.82, 2.24) is 0 Å². The lowest BCUT2D eigenvalue weighted by atomic mass is 9.49. The van der Waals surface area contributed by atoms with E-state index in [4.69, 9.17) is 0 Å². The van der Waals surface area contributed by atoms with Gasteiger partial charge in [0.05, 0.1) is 0 Å². The Labute approximate surface area is 181 Å². The number of hydrogen-bond acceptors (Lipinski definition) is 0. The monoisotopic (exact) mass is 390 g/mol. The van der Waals surface area contributed by atoms with Crippen molar-refractivity contribution in [2.75, 3.05) is 0 Å². The molecule has 0 saturated heterocycles.